The van der Waals surface area contributed by atoms with Crippen molar-refractivity contribution in [3.05, 3.63) is 96.7 Å². The lowest BCUT2D eigenvalue weighted by Crippen LogP contribution is -2.37. The van der Waals surface area contributed by atoms with Gasteiger partial charge in [0.1, 0.15) is 0 Å². The van der Waals surface area contributed by atoms with Gasteiger partial charge < -0.3 is 14.7 Å². The number of anilines is 1. The third-order valence-corrected chi connectivity index (χ3v) is 6.65. The van der Waals surface area contributed by atoms with Gasteiger partial charge in [0.15, 0.2) is 0 Å². The number of nitro benzene ring substituents is 1. The number of ether oxygens (including phenoxy) is 1. The van der Waals surface area contributed by atoms with Gasteiger partial charge in [0, 0.05) is 47.2 Å². The number of benzene rings is 3. The molecule has 1 saturated heterocycles. The highest BCUT2D eigenvalue weighted by atomic mass is 35.5. The normalized spacial score (nSPS) is 13.9. The number of hydrogen-bond acceptors (Lipinski definition) is 7. The molecular weight excluding hydrogens is 519 g/mol. The van der Waals surface area contributed by atoms with E-state index < -0.39 is 10.5 Å². The number of rotatable bonds is 5. The van der Waals surface area contributed by atoms with Crippen LogP contribution >= 0.6 is 23.2 Å². The first kappa shape index (κ1) is 24.8. The molecule has 0 bridgehead atoms. The van der Waals surface area contributed by atoms with Crippen molar-refractivity contribution in [3.8, 4) is 11.6 Å². The lowest BCUT2D eigenvalue weighted by atomic mass is 10.1. The lowest BCUT2D eigenvalue weighted by molar-refractivity contribution is -0.384. The molecule has 0 atom stereocenters. The van der Waals surface area contributed by atoms with Crippen LogP contribution in [0.3, 0.4) is 0 Å². The second kappa shape index (κ2) is 10.2. The van der Waals surface area contributed by atoms with E-state index in [1.165, 1.54) is 29.0 Å². The molecule has 0 amide bonds. The third-order valence-electron chi connectivity index (χ3n) is 6.11. The molecule has 1 aromatic heterocycles. The fourth-order valence-corrected chi connectivity index (χ4v) is 4.70. The highest BCUT2D eigenvalue weighted by Gasteiger charge is 2.22. The standard InChI is InChI=1S/C26H20Cl2N4O5/c27-16-5-8-23(30-9-11-37-12-10-30)24(13-16)31-25(33)19-4-2-1-3-18(19)20(26(31)34)15-29-22-7-6-17(32(35)36)14-21(22)28/h1-8,13-15,34H,9-12H2. The molecule has 5 rings (SSSR count). The number of non-ortho nitro benzene ring substituents is 1. The minimum Gasteiger partial charge on any atom is -0.494 e. The Hall–Kier alpha value is -3.92. The van der Waals surface area contributed by atoms with Crippen LogP contribution in [-0.4, -0.2) is 47.1 Å². The first-order chi connectivity index (χ1) is 17.8. The Morgan fingerprint density at radius 2 is 1.73 bits per heavy atom. The monoisotopic (exact) mass is 538 g/mol. The van der Waals surface area contributed by atoms with Gasteiger partial charge in [-0.05, 0) is 30.3 Å². The van der Waals surface area contributed by atoms with E-state index in [1.54, 1.807) is 36.4 Å². The quantitative estimate of drug-likeness (QED) is 0.204. The first-order valence-corrected chi connectivity index (χ1v) is 12.1. The molecule has 1 fully saturated rings. The topological polar surface area (TPSA) is 110 Å². The molecule has 1 aliphatic rings. The van der Waals surface area contributed by atoms with Crippen molar-refractivity contribution in [2.45, 2.75) is 0 Å². The predicted molar refractivity (Wildman–Crippen MR) is 145 cm³/mol. The van der Waals surface area contributed by atoms with Crippen molar-refractivity contribution in [2.24, 2.45) is 4.99 Å². The minimum absolute atomic E-state index is 0.0759. The largest absolute Gasteiger partial charge is 0.494 e. The highest BCUT2D eigenvalue weighted by Crippen LogP contribution is 2.34. The summed E-state index contributed by atoms with van der Waals surface area (Å²) in [4.78, 5) is 30.6. The zero-order valence-corrected chi connectivity index (χ0v) is 20.8. The van der Waals surface area contributed by atoms with Gasteiger partial charge in [-0.3, -0.25) is 19.9 Å². The Bertz CT molecular complexity index is 1610. The second-order valence-corrected chi connectivity index (χ2v) is 9.15. The van der Waals surface area contributed by atoms with E-state index in [1.807, 2.05) is 6.07 Å². The Kier molecular flexibility index (Phi) is 6.84. The van der Waals surface area contributed by atoms with Gasteiger partial charge >= 0.3 is 0 Å². The van der Waals surface area contributed by atoms with Gasteiger partial charge in [0.05, 0.1) is 45.8 Å². The van der Waals surface area contributed by atoms with E-state index in [9.17, 15) is 20.0 Å². The summed E-state index contributed by atoms with van der Waals surface area (Å²) in [5, 5.41) is 23.8. The second-order valence-electron chi connectivity index (χ2n) is 8.31. The summed E-state index contributed by atoms with van der Waals surface area (Å²) in [5.41, 5.74) is 1.10. The van der Waals surface area contributed by atoms with Crippen molar-refractivity contribution < 1.29 is 14.8 Å². The summed E-state index contributed by atoms with van der Waals surface area (Å²) in [6.07, 6.45) is 1.39. The predicted octanol–water partition coefficient (Wildman–Crippen LogP) is 5.50. The molecule has 9 nitrogen and oxygen atoms in total. The Morgan fingerprint density at radius 1 is 1.00 bits per heavy atom. The van der Waals surface area contributed by atoms with Gasteiger partial charge in [0.2, 0.25) is 5.88 Å². The van der Waals surface area contributed by atoms with Crippen LogP contribution in [0.2, 0.25) is 10.0 Å². The van der Waals surface area contributed by atoms with Crippen molar-refractivity contribution in [1.29, 1.82) is 0 Å². The molecule has 11 heteroatoms. The Labute approximate surface area is 220 Å². The summed E-state index contributed by atoms with van der Waals surface area (Å²) < 4.78 is 6.69. The van der Waals surface area contributed by atoms with Gasteiger partial charge in [-0.1, -0.05) is 41.4 Å². The number of pyridine rings is 1. The number of nitro groups is 1. The van der Waals surface area contributed by atoms with E-state index in [0.29, 0.717) is 47.8 Å². The SMILES string of the molecule is O=c1c2ccccc2c(C=Nc2ccc([N+](=O)[O-])cc2Cl)c(O)n1-c1cc(Cl)ccc1N1CCOCC1. The molecule has 1 N–H and O–H groups in total. The van der Waals surface area contributed by atoms with Gasteiger partial charge in [0.25, 0.3) is 11.2 Å². The van der Waals surface area contributed by atoms with Crippen LogP contribution in [0.4, 0.5) is 17.1 Å². The molecule has 3 aromatic carbocycles. The van der Waals surface area contributed by atoms with Crippen LogP contribution in [0.25, 0.3) is 16.5 Å². The lowest BCUT2D eigenvalue weighted by Gasteiger charge is -2.31. The molecule has 0 unspecified atom stereocenters. The minimum atomic E-state index is -0.550. The molecule has 4 aromatic rings. The number of fused-ring (bicyclic) bond motifs is 1. The molecule has 0 aliphatic carbocycles. The highest BCUT2D eigenvalue weighted by molar-refractivity contribution is 6.33. The molecule has 1 aliphatic heterocycles. The summed E-state index contributed by atoms with van der Waals surface area (Å²) in [6.45, 7) is 2.30. The van der Waals surface area contributed by atoms with Crippen LogP contribution in [0, 0.1) is 10.1 Å². The van der Waals surface area contributed by atoms with Crippen LogP contribution in [-0.2, 0) is 4.74 Å². The van der Waals surface area contributed by atoms with E-state index in [2.05, 4.69) is 9.89 Å². The summed E-state index contributed by atoms with van der Waals surface area (Å²) in [5.74, 6) is -0.331. The average molecular weight is 539 g/mol. The van der Waals surface area contributed by atoms with Gasteiger partial charge in [-0.2, -0.15) is 0 Å². The number of halogens is 2. The zero-order chi connectivity index (χ0) is 26.1. The van der Waals surface area contributed by atoms with E-state index in [0.717, 1.165) is 5.69 Å². The van der Waals surface area contributed by atoms with Crippen LogP contribution < -0.4 is 10.5 Å². The maximum absolute atomic E-state index is 13.7. The molecule has 188 valence electrons. The molecular formula is C26H20Cl2N4O5. The van der Waals surface area contributed by atoms with Crippen molar-refractivity contribution >= 4 is 57.3 Å². The van der Waals surface area contributed by atoms with Crippen LogP contribution in [0.5, 0.6) is 5.88 Å². The molecule has 0 saturated carbocycles. The number of nitrogens with zero attached hydrogens (tertiary/aromatic N) is 4. The molecule has 37 heavy (non-hydrogen) atoms. The van der Waals surface area contributed by atoms with E-state index in [-0.39, 0.29) is 27.8 Å². The Balaban J connectivity index is 1.71. The summed E-state index contributed by atoms with van der Waals surface area (Å²) in [7, 11) is 0. The van der Waals surface area contributed by atoms with Crippen LogP contribution in [0.15, 0.2) is 70.5 Å². The average Bonchev–Trinajstić information content (AvgIpc) is 2.90. The number of morpholine rings is 1. The third kappa shape index (κ3) is 4.76. The fraction of sp³-hybridized carbons (Fsp3) is 0.154. The first-order valence-electron chi connectivity index (χ1n) is 11.3. The number of aromatic hydroxyl groups is 1. The van der Waals surface area contributed by atoms with E-state index in [4.69, 9.17) is 27.9 Å². The number of aliphatic imine (C=N–C) groups is 1. The van der Waals surface area contributed by atoms with Crippen molar-refractivity contribution in [1.82, 2.24) is 4.57 Å². The summed E-state index contributed by atoms with van der Waals surface area (Å²) >= 11 is 12.5. The van der Waals surface area contributed by atoms with Gasteiger partial charge in [-0.15, -0.1) is 0 Å². The van der Waals surface area contributed by atoms with Gasteiger partial charge in [-0.25, -0.2) is 4.57 Å². The smallest absolute Gasteiger partial charge is 0.271 e. The van der Waals surface area contributed by atoms with E-state index >= 15 is 0 Å². The Morgan fingerprint density at radius 3 is 2.43 bits per heavy atom. The van der Waals surface area contributed by atoms with Crippen LogP contribution in [0.1, 0.15) is 5.56 Å². The number of hydrogen-bond donors (Lipinski definition) is 1. The number of aromatic nitrogens is 1. The molecule has 2 heterocycles. The summed E-state index contributed by atoms with van der Waals surface area (Å²) in [6, 6.07) is 16.0. The molecule has 0 spiro atoms. The zero-order valence-electron chi connectivity index (χ0n) is 19.3. The fourth-order valence-electron chi connectivity index (χ4n) is 4.31. The maximum Gasteiger partial charge on any atom is 0.271 e. The maximum atomic E-state index is 13.7. The van der Waals surface area contributed by atoms with Crippen molar-refractivity contribution in [3.63, 3.8) is 0 Å². The molecule has 0 radical (unpaired) electrons. The van der Waals surface area contributed by atoms with Crippen molar-refractivity contribution in [2.75, 3.05) is 31.2 Å².